The molecule has 2 aromatic carbocycles. The summed E-state index contributed by atoms with van der Waals surface area (Å²) in [5.74, 6) is -2.11. The van der Waals surface area contributed by atoms with Gasteiger partial charge < -0.3 is 15.8 Å². The Morgan fingerprint density at radius 2 is 1.61 bits per heavy atom. The van der Waals surface area contributed by atoms with Crippen LogP contribution in [0.4, 0.5) is 5.69 Å². The number of hydrogen-bond donors (Lipinski definition) is 2. The zero-order chi connectivity index (χ0) is 24.2. The Labute approximate surface area is 193 Å². The molecule has 33 heavy (non-hydrogen) atoms. The van der Waals surface area contributed by atoms with Gasteiger partial charge in [0.1, 0.15) is 0 Å². The molecule has 1 saturated heterocycles. The summed E-state index contributed by atoms with van der Waals surface area (Å²) in [6.07, 6.45) is -0.415. The van der Waals surface area contributed by atoms with Crippen molar-refractivity contribution in [3.63, 3.8) is 0 Å². The Morgan fingerprint density at radius 1 is 1.03 bits per heavy atom. The lowest BCUT2D eigenvalue weighted by molar-refractivity contribution is -0.158. The molecule has 1 unspecified atom stereocenters. The quantitative estimate of drug-likeness (QED) is 0.591. The molecular weight excluding hydrogens is 446 g/mol. The predicted molar refractivity (Wildman–Crippen MR) is 122 cm³/mol. The molecular formula is C23H27N3O6S. The second-order valence-corrected chi connectivity index (χ2v) is 9.94. The van der Waals surface area contributed by atoms with Crippen molar-refractivity contribution < 1.29 is 27.5 Å². The van der Waals surface area contributed by atoms with Crippen molar-refractivity contribution in [1.82, 2.24) is 4.31 Å². The summed E-state index contributed by atoms with van der Waals surface area (Å²) >= 11 is 0. The number of primary amides is 1. The smallest absolute Gasteiger partial charge is 0.309 e. The third-order valence-corrected chi connectivity index (χ3v) is 7.46. The van der Waals surface area contributed by atoms with Gasteiger partial charge in [-0.2, -0.15) is 4.31 Å². The van der Waals surface area contributed by atoms with Crippen LogP contribution in [0.1, 0.15) is 35.7 Å². The SMILES string of the molecule is Cc1ccc(S(=O)(=O)N2CCC(C(=O)OC(C)C(=O)Nc3ccc(C(N)=O)cc3)CC2)cc1. The Bertz CT molecular complexity index is 1120. The number of amides is 2. The molecule has 3 N–H and O–H groups in total. The number of benzene rings is 2. The van der Waals surface area contributed by atoms with Crippen LogP contribution in [0, 0.1) is 12.8 Å². The molecule has 176 valence electrons. The molecule has 1 aliphatic rings. The summed E-state index contributed by atoms with van der Waals surface area (Å²) in [6, 6.07) is 12.7. The molecule has 1 heterocycles. The molecule has 1 aliphatic heterocycles. The van der Waals surface area contributed by atoms with E-state index in [0.717, 1.165) is 5.56 Å². The van der Waals surface area contributed by atoms with E-state index in [1.807, 2.05) is 6.92 Å². The zero-order valence-electron chi connectivity index (χ0n) is 18.5. The first-order chi connectivity index (χ1) is 15.6. The Balaban J connectivity index is 1.51. The van der Waals surface area contributed by atoms with Gasteiger partial charge in [0, 0.05) is 24.3 Å². The number of esters is 1. The molecule has 1 atom stereocenters. The van der Waals surface area contributed by atoms with Crippen molar-refractivity contribution in [3.8, 4) is 0 Å². The van der Waals surface area contributed by atoms with Gasteiger partial charge in [0.25, 0.3) is 5.91 Å². The van der Waals surface area contributed by atoms with E-state index in [-0.39, 0.29) is 18.0 Å². The van der Waals surface area contributed by atoms with Gasteiger partial charge in [-0.05, 0) is 63.1 Å². The van der Waals surface area contributed by atoms with Gasteiger partial charge in [0.15, 0.2) is 6.10 Å². The number of hydrogen-bond acceptors (Lipinski definition) is 6. The highest BCUT2D eigenvalue weighted by Gasteiger charge is 2.34. The third kappa shape index (κ3) is 5.96. The van der Waals surface area contributed by atoms with Crippen molar-refractivity contribution in [3.05, 3.63) is 59.7 Å². The van der Waals surface area contributed by atoms with Crippen LogP contribution in [0.5, 0.6) is 0 Å². The molecule has 0 bridgehead atoms. The number of anilines is 1. The molecule has 0 spiro atoms. The van der Waals surface area contributed by atoms with Crippen LogP contribution in [0.3, 0.4) is 0 Å². The summed E-state index contributed by atoms with van der Waals surface area (Å²) in [4.78, 5) is 36.2. The van der Waals surface area contributed by atoms with E-state index in [1.54, 1.807) is 24.3 Å². The first-order valence-corrected chi connectivity index (χ1v) is 12.0. The van der Waals surface area contributed by atoms with Crippen LogP contribution < -0.4 is 11.1 Å². The fraction of sp³-hybridized carbons (Fsp3) is 0.348. The highest BCUT2D eigenvalue weighted by Crippen LogP contribution is 2.25. The Morgan fingerprint density at radius 3 is 2.15 bits per heavy atom. The van der Waals surface area contributed by atoms with Crippen molar-refractivity contribution >= 4 is 33.5 Å². The number of piperidine rings is 1. The summed E-state index contributed by atoms with van der Waals surface area (Å²) < 4.78 is 32.3. The van der Waals surface area contributed by atoms with E-state index < -0.39 is 39.8 Å². The van der Waals surface area contributed by atoms with Gasteiger partial charge in [-0.1, -0.05) is 17.7 Å². The number of nitrogens with two attached hydrogens (primary N) is 1. The first-order valence-electron chi connectivity index (χ1n) is 10.6. The molecule has 0 aromatic heterocycles. The van der Waals surface area contributed by atoms with Gasteiger partial charge in [-0.3, -0.25) is 14.4 Å². The molecule has 0 aliphatic carbocycles. The minimum atomic E-state index is -3.62. The number of ether oxygens (including phenoxy) is 1. The summed E-state index contributed by atoms with van der Waals surface area (Å²) in [5, 5.41) is 2.61. The van der Waals surface area contributed by atoms with Gasteiger partial charge in [-0.25, -0.2) is 8.42 Å². The molecule has 1 fully saturated rings. The van der Waals surface area contributed by atoms with Gasteiger partial charge in [-0.15, -0.1) is 0 Å². The predicted octanol–water partition coefficient (Wildman–Crippen LogP) is 2.07. The van der Waals surface area contributed by atoms with Crippen molar-refractivity contribution in [2.45, 2.75) is 37.7 Å². The first kappa shape index (κ1) is 24.4. The lowest BCUT2D eigenvalue weighted by Crippen LogP contribution is -2.41. The zero-order valence-corrected chi connectivity index (χ0v) is 19.3. The molecule has 9 nitrogen and oxygen atoms in total. The van der Waals surface area contributed by atoms with Crippen LogP contribution in [-0.2, 0) is 24.3 Å². The molecule has 0 saturated carbocycles. The normalized spacial score (nSPS) is 16.1. The second kappa shape index (κ2) is 10.1. The number of rotatable bonds is 7. The van der Waals surface area contributed by atoms with E-state index in [2.05, 4.69) is 5.32 Å². The van der Waals surface area contributed by atoms with Crippen LogP contribution in [0.2, 0.25) is 0 Å². The fourth-order valence-electron chi connectivity index (χ4n) is 3.48. The molecule has 3 rings (SSSR count). The molecule has 2 aromatic rings. The van der Waals surface area contributed by atoms with Crippen molar-refractivity contribution in [2.75, 3.05) is 18.4 Å². The second-order valence-electron chi connectivity index (χ2n) is 8.00. The third-order valence-electron chi connectivity index (χ3n) is 5.55. The van der Waals surface area contributed by atoms with E-state index in [9.17, 15) is 22.8 Å². The van der Waals surface area contributed by atoms with Crippen LogP contribution in [-0.4, -0.2) is 49.7 Å². The fourth-order valence-corrected chi connectivity index (χ4v) is 4.95. The average Bonchev–Trinajstić information content (AvgIpc) is 2.79. The van der Waals surface area contributed by atoms with Crippen molar-refractivity contribution in [2.24, 2.45) is 11.7 Å². The molecule has 2 amide bonds. The molecule has 10 heteroatoms. The Kier molecular flexibility index (Phi) is 7.50. The number of nitrogens with zero attached hydrogens (tertiary/aromatic N) is 1. The van der Waals surface area contributed by atoms with Crippen LogP contribution in [0.25, 0.3) is 0 Å². The summed E-state index contributed by atoms with van der Waals surface area (Å²) in [5.41, 5.74) is 6.90. The molecule has 0 radical (unpaired) electrons. The standard InChI is InChI=1S/C23H27N3O6S/c1-15-3-9-20(10-4-15)33(30,31)26-13-11-18(12-14-26)23(29)32-16(2)22(28)25-19-7-5-17(6-8-19)21(24)27/h3-10,16,18H,11-14H2,1-2H3,(H2,24,27)(H,25,28). The van der Waals surface area contributed by atoms with Crippen molar-refractivity contribution in [1.29, 1.82) is 0 Å². The lowest BCUT2D eigenvalue weighted by atomic mass is 9.98. The monoisotopic (exact) mass is 473 g/mol. The van der Waals surface area contributed by atoms with E-state index in [1.165, 1.54) is 35.5 Å². The Hall–Kier alpha value is -3.24. The largest absolute Gasteiger partial charge is 0.452 e. The maximum Gasteiger partial charge on any atom is 0.309 e. The number of nitrogens with one attached hydrogen (secondary N) is 1. The topological polar surface area (TPSA) is 136 Å². The average molecular weight is 474 g/mol. The van der Waals surface area contributed by atoms with E-state index in [0.29, 0.717) is 24.1 Å². The highest BCUT2D eigenvalue weighted by molar-refractivity contribution is 7.89. The van der Waals surface area contributed by atoms with Gasteiger partial charge in [0.2, 0.25) is 15.9 Å². The van der Waals surface area contributed by atoms with Crippen LogP contribution >= 0.6 is 0 Å². The van der Waals surface area contributed by atoms with E-state index in [4.69, 9.17) is 10.5 Å². The van der Waals surface area contributed by atoms with Gasteiger partial charge in [0.05, 0.1) is 10.8 Å². The van der Waals surface area contributed by atoms with Crippen LogP contribution in [0.15, 0.2) is 53.4 Å². The summed E-state index contributed by atoms with van der Waals surface area (Å²) in [7, 11) is -3.62. The number of sulfonamides is 1. The number of carbonyl (C=O) groups excluding carboxylic acids is 3. The minimum Gasteiger partial charge on any atom is -0.452 e. The maximum absolute atomic E-state index is 12.8. The minimum absolute atomic E-state index is 0.197. The maximum atomic E-state index is 12.8. The van der Waals surface area contributed by atoms with E-state index >= 15 is 0 Å². The van der Waals surface area contributed by atoms with Gasteiger partial charge >= 0.3 is 5.97 Å². The number of carbonyl (C=O) groups is 3. The lowest BCUT2D eigenvalue weighted by Gasteiger charge is -2.30. The number of aryl methyl sites for hydroxylation is 1. The summed E-state index contributed by atoms with van der Waals surface area (Å²) in [6.45, 7) is 3.74. The highest BCUT2D eigenvalue weighted by atomic mass is 32.2.